The SMILES string of the molecule is Clc1cnccc1NCc1cccc2ccccc12. The Bertz CT molecular complexity index is 704. The summed E-state index contributed by atoms with van der Waals surface area (Å²) in [6, 6.07) is 16.6. The van der Waals surface area contributed by atoms with Crippen molar-refractivity contribution in [3.8, 4) is 0 Å². The second kappa shape index (κ2) is 5.29. The summed E-state index contributed by atoms with van der Waals surface area (Å²) in [6.45, 7) is 0.741. The van der Waals surface area contributed by atoms with Crippen LogP contribution in [0.25, 0.3) is 10.8 Å². The Hall–Kier alpha value is -2.06. The zero-order valence-corrected chi connectivity index (χ0v) is 11.1. The molecule has 2 aromatic carbocycles. The highest BCUT2D eigenvalue weighted by Gasteiger charge is 2.02. The van der Waals surface area contributed by atoms with Gasteiger partial charge in [0.1, 0.15) is 0 Å². The third-order valence-electron chi connectivity index (χ3n) is 3.12. The van der Waals surface area contributed by atoms with E-state index < -0.39 is 0 Å². The van der Waals surface area contributed by atoms with E-state index in [2.05, 4.69) is 52.8 Å². The molecule has 0 atom stereocenters. The third-order valence-corrected chi connectivity index (χ3v) is 3.42. The van der Waals surface area contributed by atoms with E-state index in [1.165, 1.54) is 16.3 Å². The van der Waals surface area contributed by atoms with Gasteiger partial charge in [0, 0.05) is 18.9 Å². The molecule has 94 valence electrons. The van der Waals surface area contributed by atoms with Crippen molar-refractivity contribution in [2.24, 2.45) is 0 Å². The maximum absolute atomic E-state index is 6.08. The predicted molar refractivity (Wildman–Crippen MR) is 80.5 cm³/mol. The maximum atomic E-state index is 6.08. The lowest BCUT2D eigenvalue weighted by Crippen LogP contribution is -2.00. The number of nitrogens with zero attached hydrogens (tertiary/aromatic N) is 1. The summed E-state index contributed by atoms with van der Waals surface area (Å²) < 4.78 is 0. The molecule has 0 aliphatic rings. The molecular formula is C16H13ClN2. The third kappa shape index (κ3) is 2.54. The molecule has 0 saturated carbocycles. The number of rotatable bonds is 3. The number of pyridine rings is 1. The minimum Gasteiger partial charge on any atom is -0.380 e. The van der Waals surface area contributed by atoms with Gasteiger partial charge in [-0.3, -0.25) is 4.98 Å². The van der Waals surface area contributed by atoms with E-state index in [0.717, 1.165) is 12.2 Å². The van der Waals surface area contributed by atoms with Crippen LogP contribution in [-0.2, 0) is 6.54 Å². The molecule has 3 rings (SSSR count). The smallest absolute Gasteiger partial charge is 0.0820 e. The van der Waals surface area contributed by atoms with Crippen LogP contribution >= 0.6 is 11.6 Å². The molecule has 1 aromatic heterocycles. The fourth-order valence-electron chi connectivity index (χ4n) is 2.16. The normalized spacial score (nSPS) is 10.6. The Morgan fingerprint density at radius 1 is 1.00 bits per heavy atom. The highest BCUT2D eigenvalue weighted by atomic mass is 35.5. The standard InChI is InChI=1S/C16H13ClN2/c17-15-11-18-9-8-16(15)19-10-13-6-3-5-12-4-1-2-7-14(12)13/h1-9,11H,10H2,(H,18,19). The van der Waals surface area contributed by atoms with Crippen LogP contribution in [0.15, 0.2) is 60.9 Å². The van der Waals surface area contributed by atoms with Crippen LogP contribution in [-0.4, -0.2) is 4.98 Å². The number of anilines is 1. The van der Waals surface area contributed by atoms with E-state index in [4.69, 9.17) is 11.6 Å². The van der Waals surface area contributed by atoms with Crippen molar-refractivity contribution < 1.29 is 0 Å². The number of hydrogen-bond acceptors (Lipinski definition) is 2. The fraction of sp³-hybridized carbons (Fsp3) is 0.0625. The molecule has 1 heterocycles. The van der Waals surface area contributed by atoms with E-state index in [9.17, 15) is 0 Å². The van der Waals surface area contributed by atoms with Crippen molar-refractivity contribution in [3.05, 3.63) is 71.5 Å². The van der Waals surface area contributed by atoms with Crippen molar-refractivity contribution in [1.82, 2.24) is 4.98 Å². The molecule has 0 radical (unpaired) electrons. The van der Waals surface area contributed by atoms with Gasteiger partial charge in [-0.1, -0.05) is 54.1 Å². The molecule has 0 spiro atoms. The van der Waals surface area contributed by atoms with Gasteiger partial charge in [-0.2, -0.15) is 0 Å². The summed E-state index contributed by atoms with van der Waals surface area (Å²) >= 11 is 6.08. The van der Waals surface area contributed by atoms with Crippen molar-refractivity contribution >= 4 is 28.1 Å². The van der Waals surface area contributed by atoms with Gasteiger partial charge in [-0.15, -0.1) is 0 Å². The van der Waals surface area contributed by atoms with Crippen LogP contribution in [0.4, 0.5) is 5.69 Å². The molecular weight excluding hydrogens is 256 g/mol. The molecule has 3 heteroatoms. The Morgan fingerprint density at radius 2 is 1.84 bits per heavy atom. The summed E-state index contributed by atoms with van der Waals surface area (Å²) in [5.74, 6) is 0. The first kappa shape index (κ1) is 12.0. The monoisotopic (exact) mass is 268 g/mol. The van der Waals surface area contributed by atoms with Crippen molar-refractivity contribution in [1.29, 1.82) is 0 Å². The molecule has 3 aromatic rings. The second-order valence-corrected chi connectivity index (χ2v) is 4.75. The summed E-state index contributed by atoms with van der Waals surface area (Å²) in [5.41, 5.74) is 2.16. The summed E-state index contributed by atoms with van der Waals surface area (Å²) in [7, 11) is 0. The molecule has 0 amide bonds. The van der Waals surface area contributed by atoms with E-state index in [1.807, 2.05) is 6.07 Å². The number of aromatic nitrogens is 1. The first-order valence-electron chi connectivity index (χ1n) is 6.14. The van der Waals surface area contributed by atoms with Gasteiger partial charge >= 0.3 is 0 Å². The average Bonchev–Trinajstić information content (AvgIpc) is 2.46. The summed E-state index contributed by atoms with van der Waals surface area (Å²) in [4.78, 5) is 3.98. The van der Waals surface area contributed by atoms with Gasteiger partial charge in [0.2, 0.25) is 0 Å². The van der Waals surface area contributed by atoms with Crippen molar-refractivity contribution in [3.63, 3.8) is 0 Å². The predicted octanol–water partition coefficient (Wildman–Crippen LogP) is 4.50. The molecule has 2 nitrogen and oxygen atoms in total. The molecule has 19 heavy (non-hydrogen) atoms. The van der Waals surface area contributed by atoms with Crippen LogP contribution in [0.3, 0.4) is 0 Å². The Balaban J connectivity index is 1.88. The first-order chi connectivity index (χ1) is 9.34. The number of benzene rings is 2. The highest BCUT2D eigenvalue weighted by molar-refractivity contribution is 6.33. The molecule has 0 aliphatic heterocycles. The van der Waals surface area contributed by atoms with Gasteiger partial charge in [0.25, 0.3) is 0 Å². The number of nitrogens with one attached hydrogen (secondary N) is 1. The van der Waals surface area contributed by atoms with Gasteiger partial charge in [0.15, 0.2) is 0 Å². The topological polar surface area (TPSA) is 24.9 Å². The Labute approximate surface area is 117 Å². The van der Waals surface area contributed by atoms with Crippen molar-refractivity contribution in [2.75, 3.05) is 5.32 Å². The van der Waals surface area contributed by atoms with Crippen LogP contribution < -0.4 is 5.32 Å². The zero-order valence-electron chi connectivity index (χ0n) is 10.3. The summed E-state index contributed by atoms with van der Waals surface area (Å²) in [6.07, 6.45) is 3.38. The van der Waals surface area contributed by atoms with E-state index in [0.29, 0.717) is 5.02 Å². The molecule has 1 N–H and O–H groups in total. The molecule has 0 unspecified atom stereocenters. The molecule has 0 aliphatic carbocycles. The number of fused-ring (bicyclic) bond motifs is 1. The fourth-order valence-corrected chi connectivity index (χ4v) is 2.34. The van der Waals surface area contributed by atoms with Gasteiger partial charge in [0.05, 0.1) is 10.7 Å². The van der Waals surface area contributed by atoms with Gasteiger partial charge in [-0.05, 0) is 22.4 Å². The second-order valence-electron chi connectivity index (χ2n) is 4.35. The van der Waals surface area contributed by atoms with Crippen molar-refractivity contribution in [2.45, 2.75) is 6.54 Å². The number of hydrogen-bond donors (Lipinski definition) is 1. The van der Waals surface area contributed by atoms with Crippen LogP contribution in [0.1, 0.15) is 5.56 Å². The van der Waals surface area contributed by atoms with Crippen LogP contribution in [0.5, 0.6) is 0 Å². The van der Waals surface area contributed by atoms with Crippen LogP contribution in [0.2, 0.25) is 5.02 Å². The lowest BCUT2D eigenvalue weighted by molar-refractivity contribution is 1.16. The van der Waals surface area contributed by atoms with E-state index >= 15 is 0 Å². The molecule has 0 bridgehead atoms. The van der Waals surface area contributed by atoms with Gasteiger partial charge < -0.3 is 5.32 Å². The lowest BCUT2D eigenvalue weighted by Gasteiger charge is -2.10. The quantitative estimate of drug-likeness (QED) is 0.756. The first-order valence-corrected chi connectivity index (χ1v) is 6.52. The Morgan fingerprint density at radius 3 is 2.74 bits per heavy atom. The van der Waals surface area contributed by atoms with Gasteiger partial charge in [-0.25, -0.2) is 0 Å². The maximum Gasteiger partial charge on any atom is 0.0820 e. The van der Waals surface area contributed by atoms with E-state index in [1.54, 1.807) is 12.4 Å². The summed E-state index contributed by atoms with van der Waals surface area (Å²) in [5, 5.41) is 6.51. The minimum atomic E-state index is 0.641. The largest absolute Gasteiger partial charge is 0.380 e. The zero-order chi connectivity index (χ0) is 13.1. The van der Waals surface area contributed by atoms with E-state index in [-0.39, 0.29) is 0 Å². The highest BCUT2D eigenvalue weighted by Crippen LogP contribution is 2.22. The average molecular weight is 269 g/mol. The molecule has 0 fully saturated rings. The number of halogens is 1. The molecule has 0 saturated heterocycles. The minimum absolute atomic E-state index is 0.641. The van der Waals surface area contributed by atoms with Crippen LogP contribution in [0, 0.1) is 0 Å². The Kier molecular flexibility index (Phi) is 3.34. The lowest BCUT2D eigenvalue weighted by atomic mass is 10.0.